The molecule has 1 amide bonds. The summed E-state index contributed by atoms with van der Waals surface area (Å²) in [5.41, 5.74) is 2.09. The molecule has 0 aliphatic carbocycles. The van der Waals surface area contributed by atoms with Crippen LogP contribution in [0.15, 0.2) is 18.2 Å². The molecular weight excluding hydrogens is 404 g/mol. The zero-order valence-corrected chi connectivity index (χ0v) is 19.3. The third-order valence-electron chi connectivity index (χ3n) is 6.07. The molecule has 2 heterocycles. The van der Waals surface area contributed by atoms with Gasteiger partial charge in [-0.1, -0.05) is 20.3 Å². The van der Waals surface area contributed by atoms with Gasteiger partial charge in [-0.05, 0) is 56.4 Å². The van der Waals surface area contributed by atoms with E-state index >= 15 is 0 Å². The second kappa shape index (κ2) is 9.24. The van der Waals surface area contributed by atoms with Crippen molar-refractivity contribution in [2.24, 2.45) is 5.41 Å². The normalized spacial score (nSPS) is 21.5. The Labute approximate surface area is 180 Å². The zero-order chi connectivity index (χ0) is 21.9. The van der Waals surface area contributed by atoms with Crippen LogP contribution in [-0.2, 0) is 25.9 Å². The molecule has 3 rings (SSSR count). The quantitative estimate of drug-likeness (QED) is 0.599. The summed E-state index contributed by atoms with van der Waals surface area (Å²) in [6.45, 7) is 8.11. The molecule has 168 valence electrons. The number of ether oxygens (including phenoxy) is 2. The van der Waals surface area contributed by atoms with Crippen molar-refractivity contribution < 1.29 is 22.7 Å². The number of nitrogens with one attached hydrogen (secondary N) is 1. The Morgan fingerprint density at radius 3 is 2.60 bits per heavy atom. The van der Waals surface area contributed by atoms with Crippen LogP contribution in [0.1, 0.15) is 62.4 Å². The lowest BCUT2D eigenvalue weighted by Gasteiger charge is -2.34. The molecule has 0 aromatic heterocycles. The van der Waals surface area contributed by atoms with Gasteiger partial charge in [0.05, 0.1) is 25.2 Å². The third-order valence-corrected chi connectivity index (χ3v) is 7.35. The van der Waals surface area contributed by atoms with Crippen LogP contribution in [0.2, 0.25) is 0 Å². The molecule has 2 aliphatic rings. The smallest absolute Gasteiger partial charge is 0.251 e. The lowest BCUT2D eigenvalue weighted by molar-refractivity contribution is -0.133. The van der Waals surface area contributed by atoms with Crippen LogP contribution in [-0.4, -0.2) is 52.7 Å². The second-order valence-corrected chi connectivity index (χ2v) is 10.7. The second-order valence-electron chi connectivity index (χ2n) is 8.79. The summed E-state index contributed by atoms with van der Waals surface area (Å²) < 4.78 is 37.0. The molecule has 0 spiro atoms. The molecule has 0 radical (unpaired) electrons. The van der Waals surface area contributed by atoms with Gasteiger partial charge in [0.15, 0.2) is 6.29 Å². The van der Waals surface area contributed by atoms with Crippen molar-refractivity contribution in [1.29, 1.82) is 0 Å². The van der Waals surface area contributed by atoms with E-state index in [9.17, 15) is 13.2 Å². The molecule has 30 heavy (non-hydrogen) atoms. The average molecular weight is 439 g/mol. The highest BCUT2D eigenvalue weighted by Crippen LogP contribution is 2.37. The molecular formula is C22H34N2O5S. The first-order chi connectivity index (χ1) is 14.2. The number of hydrogen-bond acceptors (Lipinski definition) is 5. The van der Waals surface area contributed by atoms with Gasteiger partial charge in [0.2, 0.25) is 10.0 Å². The summed E-state index contributed by atoms with van der Waals surface area (Å²) in [6, 6.07) is 5.12. The van der Waals surface area contributed by atoms with Gasteiger partial charge < -0.3 is 14.8 Å². The van der Waals surface area contributed by atoms with E-state index in [1.807, 2.05) is 13.0 Å². The van der Waals surface area contributed by atoms with E-state index in [0.29, 0.717) is 37.4 Å². The van der Waals surface area contributed by atoms with Gasteiger partial charge in [-0.25, -0.2) is 8.42 Å². The highest BCUT2D eigenvalue weighted by Gasteiger charge is 2.37. The number of fused-ring (bicyclic) bond motifs is 1. The molecule has 2 atom stereocenters. The maximum Gasteiger partial charge on any atom is 0.251 e. The monoisotopic (exact) mass is 438 g/mol. The molecule has 0 saturated carbocycles. The first-order valence-electron chi connectivity index (χ1n) is 10.8. The summed E-state index contributed by atoms with van der Waals surface area (Å²) in [5.74, 6) is -0.131. The Kier molecular flexibility index (Phi) is 7.09. The molecule has 0 bridgehead atoms. The van der Waals surface area contributed by atoms with Crippen molar-refractivity contribution in [2.75, 3.05) is 30.3 Å². The van der Waals surface area contributed by atoms with Gasteiger partial charge in [-0.2, -0.15) is 0 Å². The Bertz CT molecular complexity index is 866. The molecule has 7 nitrogen and oxygen atoms in total. The Hall–Kier alpha value is -1.64. The third kappa shape index (κ3) is 4.98. The first-order valence-corrected chi connectivity index (χ1v) is 12.6. The maximum absolute atomic E-state index is 12.6. The summed E-state index contributed by atoms with van der Waals surface area (Å²) in [7, 11) is -3.33. The topological polar surface area (TPSA) is 84.9 Å². The van der Waals surface area contributed by atoms with Crippen LogP contribution >= 0.6 is 0 Å². The van der Waals surface area contributed by atoms with Gasteiger partial charge >= 0.3 is 0 Å². The van der Waals surface area contributed by atoms with E-state index in [4.69, 9.17) is 9.47 Å². The standard InChI is InChI=1S/C22H34N2O5S/c1-5-9-22(3,21-28-12-13-29-21)10-6-11-23-20(25)17-7-8-19-18(15-17)14-16(2)24(19)30(4,26)27/h7-8,15-16,21H,5-6,9-14H2,1-4H3,(H,23,25)/t16-,22+/m1/s1. The van der Waals surface area contributed by atoms with Crippen LogP contribution in [0.5, 0.6) is 0 Å². The van der Waals surface area contributed by atoms with Crippen LogP contribution in [0.4, 0.5) is 5.69 Å². The number of carbonyl (C=O) groups is 1. The van der Waals surface area contributed by atoms with E-state index < -0.39 is 10.0 Å². The number of carbonyl (C=O) groups excluding carboxylic acids is 1. The van der Waals surface area contributed by atoms with Gasteiger partial charge in [0.1, 0.15) is 0 Å². The highest BCUT2D eigenvalue weighted by atomic mass is 32.2. The highest BCUT2D eigenvalue weighted by molar-refractivity contribution is 7.92. The molecule has 1 aromatic carbocycles. The van der Waals surface area contributed by atoms with E-state index in [2.05, 4.69) is 19.2 Å². The summed E-state index contributed by atoms with van der Waals surface area (Å²) in [6.07, 6.45) is 5.50. The van der Waals surface area contributed by atoms with E-state index in [1.54, 1.807) is 12.1 Å². The Morgan fingerprint density at radius 2 is 1.97 bits per heavy atom. The van der Waals surface area contributed by atoms with Crippen LogP contribution in [0.3, 0.4) is 0 Å². The van der Waals surface area contributed by atoms with Crippen molar-refractivity contribution >= 4 is 21.6 Å². The predicted molar refractivity (Wildman–Crippen MR) is 117 cm³/mol. The Balaban J connectivity index is 1.56. The number of sulfonamides is 1. The largest absolute Gasteiger partial charge is 0.352 e. The minimum absolute atomic E-state index is 0.0468. The molecule has 2 aliphatic heterocycles. The van der Waals surface area contributed by atoms with Crippen molar-refractivity contribution in [2.45, 2.75) is 65.2 Å². The van der Waals surface area contributed by atoms with Crippen molar-refractivity contribution in [1.82, 2.24) is 5.32 Å². The molecule has 0 unspecified atom stereocenters. The minimum atomic E-state index is -3.33. The van der Waals surface area contributed by atoms with Gasteiger partial charge in [-0.15, -0.1) is 0 Å². The number of anilines is 1. The summed E-state index contributed by atoms with van der Waals surface area (Å²) >= 11 is 0. The summed E-state index contributed by atoms with van der Waals surface area (Å²) in [5, 5.41) is 3.00. The van der Waals surface area contributed by atoms with E-state index in [1.165, 1.54) is 10.6 Å². The fraction of sp³-hybridized carbons (Fsp3) is 0.682. The van der Waals surface area contributed by atoms with Crippen molar-refractivity contribution in [3.05, 3.63) is 29.3 Å². The molecule has 1 saturated heterocycles. The maximum atomic E-state index is 12.6. The van der Waals surface area contributed by atoms with Crippen LogP contribution in [0.25, 0.3) is 0 Å². The molecule has 1 aromatic rings. The first kappa shape index (κ1) is 23.0. The number of hydrogen-bond donors (Lipinski definition) is 1. The van der Waals surface area contributed by atoms with Gasteiger partial charge in [-0.3, -0.25) is 9.10 Å². The number of benzene rings is 1. The summed E-state index contributed by atoms with van der Waals surface area (Å²) in [4.78, 5) is 12.6. The lowest BCUT2D eigenvalue weighted by Crippen LogP contribution is -2.34. The Morgan fingerprint density at radius 1 is 1.27 bits per heavy atom. The van der Waals surface area contributed by atoms with E-state index in [-0.39, 0.29) is 23.7 Å². The zero-order valence-electron chi connectivity index (χ0n) is 18.4. The number of rotatable bonds is 9. The van der Waals surface area contributed by atoms with Gasteiger partial charge in [0.25, 0.3) is 5.91 Å². The fourth-order valence-corrected chi connectivity index (χ4v) is 6.00. The average Bonchev–Trinajstić information content (AvgIpc) is 3.31. The van der Waals surface area contributed by atoms with E-state index in [0.717, 1.165) is 31.2 Å². The number of amides is 1. The molecule has 1 fully saturated rings. The SMILES string of the molecule is CCC[C@@](C)(CCCNC(=O)c1ccc2c(c1)C[C@@H](C)N2S(C)(=O)=O)C1OCCO1. The minimum Gasteiger partial charge on any atom is -0.352 e. The molecule has 8 heteroatoms. The van der Waals surface area contributed by atoms with Crippen LogP contribution < -0.4 is 9.62 Å². The molecule has 1 N–H and O–H groups in total. The van der Waals surface area contributed by atoms with Crippen LogP contribution in [0, 0.1) is 5.41 Å². The lowest BCUT2D eigenvalue weighted by atomic mass is 9.80. The predicted octanol–water partition coefficient (Wildman–Crippen LogP) is 3.09. The van der Waals surface area contributed by atoms with Crippen molar-refractivity contribution in [3.8, 4) is 0 Å². The fourth-order valence-electron chi connectivity index (χ4n) is 4.74. The number of nitrogens with zero attached hydrogens (tertiary/aromatic N) is 1. The van der Waals surface area contributed by atoms with Crippen molar-refractivity contribution in [3.63, 3.8) is 0 Å². The van der Waals surface area contributed by atoms with Gasteiger partial charge in [0, 0.05) is 23.6 Å².